The number of para-hydroxylation sites is 1. The molecule has 0 aliphatic carbocycles. The van der Waals surface area contributed by atoms with Gasteiger partial charge < -0.3 is 15.2 Å². The lowest BCUT2D eigenvalue weighted by atomic mass is 10.0. The summed E-state index contributed by atoms with van der Waals surface area (Å²) in [5.74, 6) is -0.231. The third kappa shape index (κ3) is 3.99. The number of nitrogens with zero attached hydrogens (tertiary/aromatic N) is 2. The van der Waals surface area contributed by atoms with E-state index in [1.54, 1.807) is 30.5 Å². The van der Waals surface area contributed by atoms with Gasteiger partial charge in [0.05, 0.1) is 6.07 Å². The average Bonchev–Trinajstić information content (AvgIpc) is 2.56. The number of rotatable bonds is 4. The molecule has 0 spiro atoms. The Bertz CT molecular complexity index is 984. The van der Waals surface area contributed by atoms with Gasteiger partial charge in [0.1, 0.15) is 5.69 Å². The number of benzene rings is 1. The van der Waals surface area contributed by atoms with Gasteiger partial charge in [-0.05, 0) is 35.7 Å². The molecule has 0 saturated carbocycles. The number of nitrogens with one attached hydrogen (secondary N) is 2. The number of aromatic hydroxyl groups is 1. The number of anilines is 1. The van der Waals surface area contributed by atoms with Crippen LogP contribution >= 0.6 is 0 Å². The van der Waals surface area contributed by atoms with Crippen LogP contribution in [0.3, 0.4) is 0 Å². The number of hydrogen-bond donors (Lipinski definition) is 4. The number of carboxylic acid groups (broad SMARTS) is 1. The van der Waals surface area contributed by atoms with Crippen LogP contribution in [0.1, 0.15) is 11.1 Å². The predicted octanol–water partition coefficient (Wildman–Crippen LogP) is 2.22. The normalized spacial score (nSPS) is 10.4. The van der Waals surface area contributed by atoms with Crippen molar-refractivity contribution in [2.24, 2.45) is 0 Å². The number of H-pyrrole nitrogens is 1. The minimum absolute atomic E-state index is 0.156. The molecule has 126 valence electrons. The van der Waals surface area contributed by atoms with E-state index in [0.717, 1.165) is 17.2 Å². The lowest BCUT2D eigenvalue weighted by molar-refractivity contribution is 0.209. The molecule has 1 amide bonds. The minimum atomic E-state index is -1.13. The highest BCUT2D eigenvalue weighted by atomic mass is 16.4. The highest BCUT2D eigenvalue weighted by Crippen LogP contribution is 2.21. The molecule has 3 aromatic rings. The van der Waals surface area contributed by atoms with Crippen molar-refractivity contribution in [3.63, 3.8) is 0 Å². The molecule has 8 heteroatoms. The molecule has 8 nitrogen and oxygen atoms in total. The van der Waals surface area contributed by atoms with E-state index in [1.807, 2.05) is 12.1 Å². The Morgan fingerprint density at radius 1 is 1.20 bits per heavy atom. The lowest BCUT2D eigenvalue weighted by Crippen LogP contribution is -2.09. The van der Waals surface area contributed by atoms with Crippen molar-refractivity contribution in [2.45, 2.75) is 6.42 Å². The summed E-state index contributed by atoms with van der Waals surface area (Å²) in [6.07, 6.45) is 0.876. The number of pyridine rings is 1. The Labute approximate surface area is 141 Å². The van der Waals surface area contributed by atoms with Gasteiger partial charge in [-0.3, -0.25) is 15.1 Å². The van der Waals surface area contributed by atoms with E-state index >= 15 is 0 Å². The largest absolute Gasteiger partial charge is 0.493 e. The molecule has 0 aliphatic heterocycles. The van der Waals surface area contributed by atoms with Crippen LogP contribution in [0.25, 0.3) is 11.5 Å². The number of hydrogen-bond acceptors (Lipinski definition) is 5. The maximum Gasteiger partial charge on any atom is 0.409 e. The van der Waals surface area contributed by atoms with Crippen LogP contribution in [-0.2, 0) is 6.42 Å². The zero-order valence-electron chi connectivity index (χ0n) is 12.9. The second-order valence-corrected chi connectivity index (χ2v) is 5.27. The Hall–Kier alpha value is -3.68. The maximum atomic E-state index is 11.5. The van der Waals surface area contributed by atoms with Crippen molar-refractivity contribution in [3.05, 3.63) is 70.1 Å². The van der Waals surface area contributed by atoms with Crippen LogP contribution in [0.4, 0.5) is 10.5 Å². The molecular weight excluding hydrogens is 324 g/mol. The molecule has 0 atom stereocenters. The Kier molecular flexibility index (Phi) is 4.42. The van der Waals surface area contributed by atoms with Crippen molar-refractivity contribution in [1.82, 2.24) is 15.0 Å². The summed E-state index contributed by atoms with van der Waals surface area (Å²) in [6.45, 7) is 0. The number of amides is 1. The molecule has 0 unspecified atom stereocenters. The third-order valence-corrected chi connectivity index (χ3v) is 3.45. The first-order valence-corrected chi connectivity index (χ1v) is 7.35. The van der Waals surface area contributed by atoms with Gasteiger partial charge >= 0.3 is 6.09 Å². The fourth-order valence-corrected chi connectivity index (χ4v) is 2.41. The molecule has 1 aromatic carbocycles. The first-order valence-electron chi connectivity index (χ1n) is 7.35. The standard InChI is InChI=1S/C17H14N4O4/c22-14-9-15(23)21-16(20-14)13-8-10(5-6-18-13)7-11-3-1-2-4-12(11)19-17(24)25/h1-6,8-9,19H,7H2,(H,24,25)(H2,20,21,22,23). The van der Waals surface area contributed by atoms with Gasteiger partial charge in [0.2, 0.25) is 5.88 Å². The highest BCUT2D eigenvalue weighted by molar-refractivity contribution is 5.84. The first-order chi connectivity index (χ1) is 12.0. The quantitative estimate of drug-likeness (QED) is 0.577. The van der Waals surface area contributed by atoms with Gasteiger partial charge in [-0.15, -0.1) is 0 Å². The van der Waals surface area contributed by atoms with Crippen molar-refractivity contribution in [3.8, 4) is 17.4 Å². The van der Waals surface area contributed by atoms with Crippen LogP contribution < -0.4 is 10.9 Å². The summed E-state index contributed by atoms with van der Waals surface area (Å²) >= 11 is 0. The van der Waals surface area contributed by atoms with Gasteiger partial charge in [-0.2, -0.15) is 4.98 Å². The molecule has 0 radical (unpaired) electrons. The molecule has 4 N–H and O–H groups in total. The number of aromatic amines is 1. The van der Waals surface area contributed by atoms with E-state index in [2.05, 4.69) is 20.3 Å². The predicted molar refractivity (Wildman–Crippen MR) is 90.6 cm³/mol. The molecule has 0 bridgehead atoms. The number of aromatic nitrogens is 3. The summed E-state index contributed by atoms with van der Waals surface area (Å²) in [7, 11) is 0. The molecular formula is C17H14N4O4. The summed E-state index contributed by atoms with van der Waals surface area (Å²) < 4.78 is 0. The second kappa shape index (κ2) is 6.83. The lowest BCUT2D eigenvalue weighted by Gasteiger charge is -2.10. The molecule has 0 fully saturated rings. The third-order valence-electron chi connectivity index (χ3n) is 3.45. The smallest absolute Gasteiger partial charge is 0.409 e. The average molecular weight is 338 g/mol. The van der Waals surface area contributed by atoms with Gasteiger partial charge in [-0.1, -0.05) is 18.2 Å². The zero-order valence-corrected chi connectivity index (χ0v) is 12.9. The summed E-state index contributed by atoms with van der Waals surface area (Å²) in [5.41, 5.74) is 2.05. The monoisotopic (exact) mass is 338 g/mol. The van der Waals surface area contributed by atoms with Crippen LogP contribution in [0, 0.1) is 0 Å². The van der Waals surface area contributed by atoms with E-state index < -0.39 is 11.7 Å². The topological polar surface area (TPSA) is 128 Å². The van der Waals surface area contributed by atoms with Crippen molar-refractivity contribution in [2.75, 3.05) is 5.32 Å². The Morgan fingerprint density at radius 3 is 2.76 bits per heavy atom. The molecule has 0 saturated heterocycles. The van der Waals surface area contributed by atoms with Gasteiger partial charge in [0.15, 0.2) is 5.82 Å². The number of carbonyl (C=O) groups is 1. The van der Waals surface area contributed by atoms with Crippen LogP contribution in [-0.4, -0.2) is 31.3 Å². The van der Waals surface area contributed by atoms with E-state index in [4.69, 9.17) is 5.11 Å². The fraction of sp³-hybridized carbons (Fsp3) is 0.0588. The summed E-state index contributed by atoms with van der Waals surface area (Å²) in [5, 5.41) is 20.7. The minimum Gasteiger partial charge on any atom is -0.493 e. The first kappa shape index (κ1) is 16.2. The molecule has 25 heavy (non-hydrogen) atoms. The van der Waals surface area contributed by atoms with Gasteiger partial charge in [0, 0.05) is 11.9 Å². The van der Waals surface area contributed by atoms with Crippen LogP contribution in [0.2, 0.25) is 0 Å². The van der Waals surface area contributed by atoms with E-state index in [0.29, 0.717) is 17.8 Å². The van der Waals surface area contributed by atoms with Crippen molar-refractivity contribution in [1.29, 1.82) is 0 Å². The Balaban J connectivity index is 1.93. The fourth-order valence-electron chi connectivity index (χ4n) is 2.41. The Morgan fingerprint density at radius 2 is 2.00 bits per heavy atom. The van der Waals surface area contributed by atoms with Crippen molar-refractivity contribution < 1.29 is 15.0 Å². The van der Waals surface area contributed by atoms with Crippen LogP contribution in [0.5, 0.6) is 5.88 Å². The van der Waals surface area contributed by atoms with E-state index in [1.165, 1.54) is 0 Å². The zero-order chi connectivity index (χ0) is 17.8. The second-order valence-electron chi connectivity index (χ2n) is 5.27. The van der Waals surface area contributed by atoms with Crippen molar-refractivity contribution >= 4 is 11.8 Å². The molecule has 0 aliphatic rings. The van der Waals surface area contributed by atoms with Gasteiger partial charge in [0.25, 0.3) is 5.56 Å². The summed E-state index contributed by atoms with van der Waals surface area (Å²) in [4.78, 5) is 32.9. The summed E-state index contributed by atoms with van der Waals surface area (Å²) in [6, 6.07) is 11.5. The molecule has 2 heterocycles. The molecule has 2 aromatic heterocycles. The van der Waals surface area contributed by atoms with E-state index in [9.17, 15) is 14.7 Å². The molecule has 3 rings (SSSR count). The highest BCUT2D eigenvalue weighted by Gasteiger charge is 2.09. The van der Waals surface area contributed by atoms with Crippen LogP contribution in [0.15, 0.2) is 53.5 Å². The maximum absolute atomic E-state index is 11.5. The van der Waals surface area contributed by atoms with Gasteiger partial charge in [-0.25, -0.2) is 4.79 Å². The van der Waals surface area contributed by atoms with E-state index in [-0.39, 0.29) is 11.7 Å². The SMILES string of the molecule is O=C(O)Nc1ccccc1Cc1ccnc(-c2nc(O)cc(=O)[nH]2)c1.